The summed E-state index contributed by atoms with van der Waals surface area (Å²) in [6, 6.07) is 18.3. The highest BCUT2D eigenvalue weighted by Crippen LogP contribution is 2.26. The average molecular weight is 296 g/mol. The third kappa shape index (κ3) is 3.72. The summed E-state index contributed by atoms with van der Waals surface area (Å²) in [5.41, 5.74) is 3.26. The van der Waals surface area contributed by atoms with Crippen LogP contribution in [0.4, 0.5) is 5.69 Å². The molecule has 3 rings (SSSR count). The first kappa shape index (κ1) is 14.8. The van der Waals surface area contributed by atoms with Gasteiger partial charge in [-0.05, 0) is 23.3 Å². The second-order valence-corrected chi connectivity index (χ2v) is 5.58. The monoisotopic (exact) mass is 296 g/mol. The lowest BCUT2D eigenvalue weighted by Gasteiger charge is -2.14. The third-order valence-electron chi connectivity index (χ3n) is 3.73. The Balaban J connectivity index is 1.59. The molecule has 1 unspecified atom stereocenters. The van der Waals surface area contributed by atoms with E-state index in [1.807, 2.05) is 30.3 Å². The Labute approximate surface area is 130 Å². The molecule has 0 bridgehead atoms. The van der Waals surface area contributed by atoms with E-state index in [1.165, 1.54) is 12.5 Å². The van der Waals surface area contributed by atoms with E-state index in [2.05, 4.69) is 34.5 Å². The predicted octanol–water partition coefficient (Wildman–Crippen LogP) is 3.18. The Kier molecular flexibility index (Phi) is 4.51. The van der Waals surface area contributed by atoms with Gasteiger partial charge in [-0.15, -0.1) is 0 Å². The summed E-state index contributed by atoms with van der Waals surface area (Å²) in [4.78, 5) is 13.3. The number of hydrogen-bond donors (Lipinski definition) is 1. The maximum Gasteiger partial charge on any atom is 0.221 e. The topological polar surface area (TPSA) is 41.6 Å². The second-order valence-electron chi connectivity index (χ2n) is 5.58. The number of carbonyl (C=O) groups excluding carboxylic acids is 1. The standard InChI is InChI=1S/C18H20N2O2/c1-14(21)19-17-9-7-16(8-10-17)18-12-20(13-22-18)11-15-5-3-2-4-6-15/h2-10,18H,11-13H2,1H3,(H,19,21). The van der Waals surface area contributed by atoms with Gasteiger partial charge in [0.15, 0.2) is 0 Å². The Morgan fingerprint density at radius 1 is 1.18 bits per heavy atom. The van der Waals surface area contributed by atoms with Crippen molar-refractivity contribution in [3.63, 3.8) is 0 Å². The van der Waals surface area contributed by atoms with Gasteiger partial charge in [-0.2, -0.15) is 0 Å². The fourth-order valence-electron chi connectivity index (χ4n) is 2.67. The van der Waals surface area contributed by atoms with Crippen molar-refractivity contribution in [2.75, 3.05) is 18.6 Å². The number of benzene rings is 2. The minimum absolute atomic E-state index is 0.0566. The molecule has 1 aliphatic rings. The number of anilines is 1. The summed E-state index contributed by atoms with van der Waals surface area (Å²) < 4.78 is 5.88. The van der Waals surface area contributed by atoms with Crippen molar-refractivity contribution in [3.05, 3.63) is 65.7 Å². The largest absolute Gasteiger partial charge is 0.357 e. The number of nitrogens with zero attached hydrogens (tertiary/aromatic N) is 1. The van der Waals surface area contributed by atoms with Gasteiger partial charge in [-0.25, -0.2) is 0 Å². The van der Waals surface area contributed by atoms with Crippen molar-refractivity contribution in [1.29, 1.82) is 0 Å². The number of amides is 1. The van der Waals surface area contributed by atoms with Crippen LogP contribution in [0.5, 0.6) is 0 Å². The van der Waals surface area contributed by atoms with E-state index in [1.54, 1.807) is 0 Å². The van der Waals surface area contributed by atoms with Crippen LogP contribution in [0.3, 0.4) is 0 Å². The van der Waals surface area contributed by atoms with Crippen LogP contribution in [0.25, 0.3) is 0 Å². The molecule has 22 heavy (non-hydrogen) atoms. The van der Waals surface area contributed by atoms with Crippen molar-refractivity contribution in [1.82, 2.24) is 4.90 Å². The molecular formula is C18H20N2O2. The van der Waals surface area contributed by atoms with E-state index in [-0.39, 0.29) is 12.0 Å². The van der Waals surface area contributed by atoms with Gasteiger partial charge in [0.2, 0.25) is 5.91 Å². The molecular weight excluding hydrogens is 276 g/mol. The van der Waals surface area contributed by atoms with Crippen LogP contribution >= 0.6 is 0 Å². The van der Waals surface area contributed by atoms with Gasteiger partial charge in [0.05, 0.1) is 6.10 Å². The summed E-state index contributed by atoms with van der Waals surface area (Å²) in [7, 11) is 0. The Morgan fingerprint density at radius 2 is 1.91 bits per heavy atom. The Hall–Kier alpha value is -2.17. The van der Waals surface area contributed by atoms with Gasteiger partial charge in [0.25, 0.3) is 0 Å². The second kappa shape index (κ2) is 6.73. The minimum Gasteiger partial charge on any atom is -0.357 e. The van der Waals surface area contributed by atoms with Crippen molar-refractivity contribution < 1.29 is 9.53 Å². The van der Waals surface area contributed by atoms with Crippen LogP contribution in [0.2, 0.25) is 0 Å². The Bertz CT molecular complexity index is 625. The van der Waals surface area contributed by atoms with Crippen molar-refractivity contribution in [2.45, 2.75) is 19.6 Å². The first-order chi connectivity index (χ1) is 10.7. The lowest BCUT2D eigenvalue weighted by atomic mass is 10.1. The minimum atomic E-state index is -0.0566. The molecule has 1 saturated heterocycles. The molecule has 0 aliphatic carbocycles. The molecule has 4 nitrogen and oxygen atoms in total. The van der Waals surface area contributed by atoms with E-state index < -0.39 is 0 Å². The van der Waals surface area contributed by atoms with Crippen LogP contribution in [-0.4, -0.2) is 24.1 Å². The fraction of sp³-hybridized carbons (Fsp3) is 0.278. The lowest BCUT2D eigenvalue weighted by Crippen LogP contribution is -2.19. The molecule has 1 heterocycles. The first-order valence-electron chi connectivity index (χ1n) is 7.46. The van der Waals surface area contributed by atoms with E-state index in [9.17, 15) is 4.79 Å². The van der Waals surface area contributed by atoms with Gasteiger partial charge in [-0.3, -0.25) is 9.69 Å². The molecule has 1 amide bonds. The molecule has 0 radical (unpaired) electrons. The molecule has 114 valence electrons. The summed E-state index contributed by atoms with van der Waals surface area (Å²) in [6.45, 7) is 3.94. The number of hydrogen-bond acceptors (Lipinski definition) is 3. The first-order valence-corrected chi connectivity index (χ1v) is 7.46. The smallest absolute Gasteiger partial charge is 0.221 e. The lowest BCUT2D eigenvalue weighted by molar-refractivity contribution is -0.114. The molecule has 0 aromatic heterocycles. The highest BCUT2D eigenvalue weighted by atomic mass is 16.5. The maximum absolute atomic E-state index is 11.0. The van der Waals surface area contributed by atoms with Crippen molar-refractivity contribution in [2.24, 2.45) is 0 Å². The van der Waals surface area contributed by atoms with Gasteiger partial charge in [-0.1, -0.05) is 42.5 Å². The van der Waals surface area contributed by atoms with E-state index in [0.717, 1.165) is 24.3 Å². The van der Waals surface area contributed by atoms with Crippen LogP contribution in [0.1, 0.15) is 24.2 Å². The number of rotatable bonds is 4. The molecule has 2 aromatic rings. The molecule has 1 aliphatic heterocycles. The van der Waals surface area contributed by atoms with Gasteiger partial charge < -0.3 is 10.1 Å². The Morgan fingerprint density at radius 3 is 2.59 bits per heavy atom. The summed E-state index contributed by atoms with van der Waals surface area (Å²) >= 11 is 0. The predicted molar refractivity (Wildman–Crippen MR) is 86.3 cm³/mol. The van der Waals surface area contributed by atoms with E-state index in [4.69, 9.17) is 4.74 Å². The maximum atomic E-state index is 11.0. The molecule has 1 N–H and O–H groups in total. The number of ether oxygens (including phenoxy) is 1. The number of nitrogens with one attached hydrogen (secondary N) is 1. The molecule has 0 spiro atoms. The summed E-state index contributed by atoms with van der Waals surface area (Å²) in [6.07, 6.45) is 0.0927. The van der Waals surface area contributed by atoms with Crippen molar-refractivity contribution in [3.8, 4) is 0 Å². The zero-order valence-corrected chi connectivity index (χ0v) is 12.7. The zero-order chi connectivity index (χ0) is 15.4. The van der Waals surface area contributed by atoms with Crippen molar-refractivity contribution >= 4 is 11.6 Å². The average Bonchev–Trinajstić information content (AvgIpc) is 2.97. The van der Waals surface area contributed by atoms with Gasteiger partial charge >= 0.3 is 0 Å². The normalized spacial score (nSPS) is 18.3. The van der Waals surface area contributed by atoms with Crippen LogP contribution < -0.4 is 5.32 Å². The zero-order valence-electron chi connectivity index (χ0n) is 12.7. The molecule has 2 aromatic carbocycles. The van der Waals surface area contributed by atoms with E-state index in [0.29, 0.717) is 6.73 Å². The molecule has 1 fully saturated rings. The van der Waals surface area contributed by atoms with Crippen LogP contribution in [-0.2, 0) is 16.1 Å². The fourth-order valence-corrected chi connectivity index (χ4v) is 2.67. The highest BCUT2D eigenvalue weighted by Gasteiger charge is 2.24. The van der Waals surface area contributed by atoms with E-state index >= 15 is 0 Å². The molecule has 0 saturated carbocycles. The summed E-state index contributed by atoms with van der Waals surface area (Å²) in [5, 5.41) is 2.77. The highest BCUT2D eigenvalue weighted by molar-refractivity contribution is 5.88. The van der Waals surface area contributed by atoms with Crippen LogP contribution in [0.15, 0.2) is 54.6 Å². The quantitative estimate of drug-likeness (QED) is 0.942. The third-order valence-corrected chi connectivity index (χ3v) is 3.73. The number of carbonyl (C=O) groups is 1. The van der Waals surface area contributed by atoms with Gasteiger partial charge in [0, 0.05) is 25.7 Å². The molecule has 1 atom stereocenters. The van der Waals surface area contributed by atoms with Crippen LogP contribution in [0, 0.1) is 0 Å². The summed E-state index contributed by atoms with van der Waals surface area (Å²) in [5.74, 6) is -0.0566. The SMILES string of the molecule is CC(=O)Nc1ccc(C2CN(Cc3ccccc3)CO2)cc1. The van der Waals surface area contributed by atoms with Gasteiger partial charge in [0.1, 0.15) is 6.73 Å². The molecule has 4 heteroatoms.